The van der Waals surface area contributed by atoms with E-state index >= 15 is 0 Å². The van der Waals surface area contributed by atoms with Gasteiger partial charge >= 0.3 is 0 Å². The molecule has 1 N–H and O–H groups in total. The van der Waals surface area contributed by atoms with Crippen molar-refractivity contribution in [1.29, 1.82) is 0 Å². The van der Waals surface area contributed by atoms with Crippen molar-refractivity contribution in [3.8, 4) is 10.6 Å². The zero-order valence-corrected chi connectivity index (χ0v) is 19.1. The molecule has 8 nitrogen and oxygen atoms in total. The molecule has 5 aromatic rings. The minimum Gasteiger partial charge on any atom is -0.348 e. The van der Waals surface area contributed by atoms with Crippen LogP contribution in [-0.4, -0.2) is 47.1 Å². The van der Waals surface area contributed by atoms with Crippen molar-refractivity contribution in [3.63, 3.8) is 0 Å². The number of aromatic nitrogens is 6. The van der Waals surface area contributed by atoms with Crippen LogP contribution in [-0.2, 0) is 13.5 Å². The average Bonchev–Trinajstić information content (AvgIpc) is 3.59. The van der Waals surface area contributed by atoms with Crippen molar-refractivity contribution in [3.05, 3.63) is 70.0 Å². The van der Waals surface area contributed by atoms with E-state index in [4.69, 9.17) is 4.98 Å². The van der Waals surface area contributed by atoms with Crippen molar-refractivity contribution in [2.24, 2.45) is 7.05 Å². The maximum absolute atomic E-state index is 13.7. The first-order chi connectivity index (χ1) is 15.6. The summed E-state index contributed by atoms with van der Waals surface area (Å²) in [7, 11) is 1.90. The van der Waals surface area contributed by atoms with Crippen LogP contribution in [0.2, 0.25) is 0 Å². The molecule has 0 spiro atoms. The maximum Gasteiger partial charge on any atom is 0.266 e. The number of aryl methyl sites for hydroxylation is 1. The van der Waals surface area contributed by atoms with Crippen LogP contribution in [0.4, 0.5) is 0 Å². The smallest absolute Gasteiger partial charge is 0.266 e. The largest absolute Gasteiger partial charge is 0.348 e. The lowest BCUT2D eigenvalue weighted by Crippen LogP contribution is -2.40. The second-order valence-corrected chi connectivity index (χ2v) is 9.83. The number of hydrogen-bond donors (Lipinski definition) is 1. The Bertz CT molecular complexity index is 1430. The second kappa shape index (κ2) is 7.35. The summed E-state index contributed by atoms with van der Waals surface area (Å²) in [5.74, 6) is -0.0480. The van der Waals surface area contributed by atoms with E-state index in [1.165, 1.54) is 11.3 Å². The van der Waals surface area contributed by atoms with E-state index in [-0.39, 0.29) is 11.9 Å². The monoisotopic (exact) mass is 461 g/mol. The highest BCUT2D eigenvalue weighted by molar-refractivity contribution is 7.18. The van der Waals surface area contributed by atoms with Gasteiger partial charge in [0.15, 0.2) is 0 Å². The maximum atomic E-state index is 13.7. The minimum atomic E-state index is -0.319. The quantitative estimate of drug-likeness (QED) is 0.439. The normalized spacial score (nSPS) is 15.9. The Labute approximate surface area is 191 Å². The van der Waals surface area contributed by atoms with Crippen LogP contribution in [0, 0.1) is 6.92 Å². The molecule has 10 heteroatoms. The predicted molar refractivity (Wildman–Crippen MR) is 124 cm³/mol. The van der Waals surface area contributed by atoms with Crippen LogP contribution in [0.5, 0.6) is 0 Å². The molecule has 0 unspecified atom stereocenters. The number of amides is 1. The van der Waals surface area contributed by atoms with Gasteiger partial charge in [0.2, 0.25) is 0 Å². The molecule has 1 aliphatic rings. The van der Waals surface area contributed by atoms with Crippen molar-refractivity contribution in [1.82, 2.24) is 34.6 Å². The van der Waals surface area contributed by atoms with Crippen LogP contribution < -0.4 is 0 Å². The molecule has 0 aliphatic carbocycles. The lowest BCUT2D eigenvalue weighted by molar-refractivity contribution is 0.0695. The molecule has 6 rings (SSSR count). The SMILES string of the molecule is Cc1c(-c2ncc(C(=O)N3CCc4[nH]cnc4[C@H]3c3nc4ccccc4s3)s2)cnn1C. The van der Waals surface area contributed by atoms with Gasteiger partial charge in [0.25, 0.3) is 5.91 Å². The Balaban J connectivity index is 1.40. The van der Waals surface area contributed by atoms with Gasteiger partial charge in [0, 0.05) is 31.4 Å². The molecule has 5 heterocycles. The van der Waals surface area contributed by atoms with Crippen molar-refractivity contribution < 1.29 is 4.79 Å². The number of carbonyl (C=O) groups is 1. The molecule has 4 aromatic heterocycles. The number of rotatable bonds is 3. The first-order valence-corrected chi connectivity index (χ1v) is 11.9. The van der Waals surface area contributed by atoms with E-state index in [1.54, 1.807) is 30.1 Å². The number of nitrogens with one attached hydrogen (secondary N) is 1. The van der Waals surface area contributed by atoms with Crippen LogP contribution >= 0.6 is 22.7 Å². The highest BCUT2D eigenvalue weighted by atomic mass is 32.1. The van der Waals surface area contributed by atoms with Crippen LogP contribution in [0.15, 0.2) is 43.0 Å². The third-order valence-electron chi connectivity index (χ3n) is 5.91. The fraction of sp³-hybridized carbons (Fsp3) is 0.227. The molecule has 32 heavy (non-hydrogen) atoms. The Hall–Kier alpha value is -3.37. The van der Waals surface area contributed by atoms with E-state index in [0.717, 1.165) is 49.3 Å². The third-order valence-corrected chi connectivity index (χ3v) is 8.02. The summed E-state index contributed by atoms with van der Waals surface area (Å²) in [5, 5.41) is 5.97. The highest BCUT2D eigenvalue weighted by Gasteiger charge is 2.37. The second-order valence-electron chi connectivity index (χ2n) is 7.73. The number of para-hydroxylation sites is 1. The van der Waals surface area contributed by atoms with Gasteiger partial charge in [-0.15, -0.1) is 22.7 Å². The van der Waals surface area contributed by atoms with Gasteiger partial charge in [-0.2, -0.15) is 5.10 Å². The molecule has 1 aliphatic heterocycles. The van der Waals surface area contributed by atoms with Gasteiger partial charge in [-0.25, -0.2) is 15.0 Å². The lowest BCUT2D eigenvalue weighted by Gasteiger charge is -2.33. The topological polar surface area (TPSA) is 92.6 Å². The zero-order valence-electron chi connectivity index (χ0n) is 17.4. The first kappa shape index (κ1) is 19.3. The van der Waals surface area contributed by atoms with Crippen LogP contribution in [0.25, 0.3) is 20.8 Å². The molecule has 1 aromatic carbocycles. The summed E-state index contributed by atoms with van der Waals surface area (Å²) >= 11 is 3.01. The predicted octanol–water partition coefficient (Wildman–Crippen LogP) is 3.97. The molecule has 1 atom stereocenters. The summed E-state index contributed by atoms with van der Waals surface area (Å²) in [6.45, 7) is 2.59. The third kappa shape index (κ3) is 2.98. The number of aromatic amines is 1. The van der Waals surface area contributed by atoms with Gasteiger partial charge < -0.3 is 9.88 Å². The minimum absolute atomic E-state index is 0.0480. The van der Waals surface area contributed by atoms with E-state index in [0.29, 0.717) is 11.4 Å². The Morgan fingerprint density at radius 1 is 1.19 bits per heavy atom. The molecule has 0 saturated heterocycles. The van der Waals surface area contributed by atoms with Crippen LogP contribution in [0.1, 0.15) is 37.8 Å². The van der Waals surface area contributed by atoms with Gasteiger partial charge in [-0.05, 0) is 19.1 Å². The number of thiazole rings is 2. The van der Waals surface area contributed by atoms with E-state index < -0.39 is 0 Å². The molecule has 1 amide bonds. The number of fused-ring (bicyclic) bond motifs is 2. The molecule has 0 bridgehead atoms. The summed E-state index contributed by atoms with van der Waals surface area (Å²) in [6, 6.07) is 7.73. The number of H-pyrrole nitrogens is 1. The fourth-order valence-electron chi connectivity index (χ4n) is 4.10. The van der Waals surface area contributed by atoms with E-state index in [9.17, 15) is 4.79 Å². The van der Waals surface area contributed by atoms with Crippen LogP contribution in [0.3, 0.4) is 0 Å². The molecule has 0 radical (unpaired) electrons. The molecular formula is C22H19N7OS2. The van der Waals surface area contributed by atoms with Crippen molar-refractivity contribution in [2.45, 2.75) is 19.4 Å². The zero-order chi connectivity index (χ0) is 21.8. The summed E-state index contributed by atoms with van der Waals surface area (Å²) in [4.78, 5) is 33.4. The molecule has 0 saturated carbocycles. The lowest BCUT2D eigenvalue weighted by atomic mass is 10.0. The van der Waals surface area contributed by atoms with Gasteiger partial charge in [-0.1, -0.05) is 12.1 Å². The number of benzene rings is 1. The average molecular weight is 462 g/mol. The Morgan fingerprint density at radius 3 is 2.88 bits per heavy atom. The van der Waals surface area contributed by atoms with Gasteiger partial charge in [0.05, 0.1) is 40.2 Å². The fourth-order valence-corrected chi connectivity index (χ4v) is 6.12. The summed E-state index contributed by atoms with van der Waals surface area (Å²) in [6.07, 6.45) is 5.90. The highest BCUT2D eigenvalue weighted by Crippen LogP contribution is 2.39. The van der Waals surface area contributed by atoms with Crippen molar-refractivity contribution >= 4 is 38.8 Å². The number of hydrogen-bond acceptors (Lipinski definition) is 7. The Kier molecular flexibility index (Phi) is 4.44. The summed E-state index contributed by atoms with van der Waals surface area (Å²) in [5.41, 5.74) is 4.85. The van der Waals surface area contributed by atoms with Crippen molar-refractivity contribution in [2.75, 3.05) is 6.54 Å². The first-order valence-electron chi connectivity index (χ1n) is 10.2. The molecule has 160 valence electrons. The molecule has 0 fully saturated rings. The molecular weight excluding hydrogens is 442 g/mol. The number of imidazole rings is 1. The van der Waals surface area contributed by atoms with Gasteiger partial charge in [-0.3, -0.25) is 9.48 Å². The van der Waals surface area contributed by atoms with E-state index in [1.807, 2.05) is 41.8 Å². The Morgan fingerprint density at radius 2 is 2.06 bits per heavy atom. The number of nitrogens with zero attached hydrogens (tertiary/aromatic N) is 6. The van der Waals surface area contributed by atoms with Gasteiger partial charge in [0.1, 0.15) is 20.9 Å². The standard InChI is InChI=1S/C22H19N7OS2/c1-12-13(9-26-28(12)2)20-23-10-17(32-20)22(30)29-8-7-15-18(25-11-24-15)19(29)21-27-14-5-3-4-6-16(14)31-21/h3-6,9-11,19H,7-8H2,1-2H3,(H,24,25)/t19-/m0/s1. The number of carbonyl (C=O) groups excluding carboxylic acids is 1. The van der Waals surface area contributed by atoms with E-state index in [2.05, 4.69) is 26.1 Å². The summed E-state index contributed by atoms with van der Waals surface area (Å²) < 4.78 is 2.91.